The van der Waals surface area contributed by atoms with E-state index < -0.39 is 12.2 Å². The summed E-state index contributed by atoms with van der Waals surface area (Å²) in [6, 6.07) is 0. The molecule has 0 rings (SSSR count). The van der Waals surface area contributed by atoms with Crippen molar-refractivity contribution in [3.63, 3.8) is 0 Å². The van der Waals surface area contributed by atoms with Gasteiger partial charge in [-0.3, -0.25) is 4.57 Å². The van der Waals surface area contributed by atoms with Gasteiger partial charge in [0.25, 0.3) is 6.07 Å². The van der Waals surface area contributed by atoms with Crippen LogP contribution in [-0.2, 0) is 9.30 Å². The Balaban J connectivity index is 3.20. The first-order chi connectivity index (χ1) is 13.0. The van der Waals surface area contributed by atoms with Crippen LogP contribution < -0.4 is 0 Å². The molecule has 162 valence electrons. The van der Waals surface area contributed by atoms with Crippen LogP contribution in [0.25, 0.3) is 0 Å². The van der Waals surface area contributed by atoms with Crippen molar-refractivity contribution in [1.29, 1.82) is 0 Å². The van der Waals surface area contributed by atoms with E-state index in [1.165, 1.54) is 77.0 Å². The van der Waals surface area contributed by atoms with Gasteiger partial charge in [-0.2, -0.15) is 0 Å². The zero-order valence-corrected chi connectivity index (χ0v) is 19.8. The van der Waals surface area contributed by atoms with E-state index >= 15 is 0 Å². The van der Waals surface area contributed by atoms with Crippen LogP contribution in [0.2, 0.25) is 0 Å². The maximum absolute atomic E-state index is 11.1. The van der Waals surface area contributed by atoms with Crippen LogP contribution in [0.15, 0.2) is 12.2 Å². The molecule has 0 bridgehead atoms. The summed E-state index contributed by atoms with van der Waals surface area (Å²) in [5, 5.41) is 9.53. The average Bonchev–Trinajstić information content (AvgIpc) is 2.59. The lowest BCUT2D eigenvalue weighted by atomic mass is 10.1. The summed E-state index contributed by atoms with van der Waals surface area (Å²) in [7, 11) is 0. The molecule has 0 spiro atoms. The fourth-order valence-corrected chi connectivity index (χ4v) is 4.61. The van der Waals surface area contributed by atoms with Crippen LogP contribution in [0.5, 0.6) is 0 Å². The van der Waals surface area contributed by atoms with Crippen molar-refractivity contribution in [3.05, 3.63) is 12.2 Å². The number of allylic oxidation sites excluding steroid dienone is 2. The summed E-state index contributed by atoms with van der Waals surface area (Å²) in [5.41, 5.74) is 0. The maximum Gasteiger partial charge on any atom is 0.265 e. The number of hydrogen-bond acceptors (Lipinski definition) is 3. The van der Waals surface area contributed by atoms with Crippen LogP contribution in [0, 0.1) is 0 Å². The highest BCUT2D eigenvalue weighted by Gasteiger charge is 2.18. The van der Waals surface area contributed by atoms with Crippen LogP contribution >= 0.6 is 21.6 Å². The first kappa shape index (κ1) is 27.3. The highest BCUT2D eigenvalue weighted by molar-refractivity contribution is 9.39. The zero-order chi connectivity index (χ0) is 20.2. The second-order valence-corrected chi connectivity index (χ2v) is 12.4. The molecule has 0 aromatic rings. The third-order valence-corrected chi connectivity index (χ3v) is 6.29. The number of hydrogen-bond donors (Lipinski definition) is 2. The molecule has 0 radical (unpaired) electrons. The van der Waals surface area contributed by atoms with Crippen molar-refractivity contribution >= 4 is 21.6 Å². The fourth-order valence-electron chi connectivity index (χ4n) is 2.98. The third kappa shape index (κ3) is 24.3. The van der Waals surface area contributed by atoms with Gasteiger partial charge in [-0.25, -0.2) is 0 Å². The topological polar surface area (TPSA) is 66.8 Å². The third-order valence-electron chi connectivity index (χ3n) is 4.55. The lowest BCUT2D eigenvalue weighted by molar-refractivity contribution is 0.0453. The number of halogens is 1. The molecule has 0 aliphatic carbocycles. The van der Waals surface area contributed by atoms with Crippen molar-refractivity contribution < 1.29 is 19.3 Å². The van der Waals surface area contributed by atoms with E-state index in [0.29, 0.717) is 6.61 Å². The molecule has 0 aliphatic rings. The largest absolute Gasteiger partial charge is 0.390 e. The van der Waals surface area contributed by atoms with Crippen molar-refractivity contribution in [2.75, 3.05) is 19.4 Å². The molecule has 2 unspecified atom stereocenters. The van der Waals surface area contributed by atoms with Gasteiger partial charge in [-0.1, -0.05) is 76.9 Å². The summed E-state index contributed by atoms with van der Waals surface area (Å²) >= 11 is 2.67. The highest BCUT2D eigenvalue weighted by Crippen LogP contribution is 2.49. The molecule has 0 amide bonds. The number of aliphatic hydroxyl groups excluding tert-OH is 1. The minimum Gasteiger partial charge on any atom is -0.390 e. The van der Waals surface area contributed by atoms with Gasteiger partial charge in [-0.15, -0.1) is 0 Å². The van der Waals surface area contributed by atoms with E-state index in [9.17, 15) is 9.67 Å². The monoisotopic (exact) mass is 468 g/mol. The fraction of sp³-hybridized carbons (Fsp3) is 0.905. The van der Waals surface area contributed by atoms with Gasteiger partial charge in [0.05, 0.1) is 18.9 Å². The lowest BCUT2D eigenvalue weighted by Gasteiger charge is -2.11. The van der Waals surface area contributed by atoms with Crippen LogP contribution in [-0.4, -0.2) is 35.5 Å². The maximum atomic E-state index is 11.1. The van der Waals surface area contributed by atoms with E-state index in [4.69, 9.17) is 9.63 Å². The highest BCUT2D eigenvalue weighted by atomic mass is 79.9. The molecule has 2 atom stereocenters. The summed E-state index contributed by atoms with van der Waals surface area (Å²) in [6.07, 6.45) is 18.2. The zero-order valence-electron chi connectivity index (χ0n) is 17.3. The molecular weight excluding hydrogens is 427 g/mol. The number of unbranched alkanes of at least 4 members (excludes halogenated alkanes) is 12. The van der Waals surface area contributed by atoms with Gasteiger partial charge >= 0.3 is 0 Å². The second-order valence-electron chi connectivity index (χ2n) is 7.47. The van der Waals surface area contributed by atoms with Gasteiger partial charge in [0.2, 0.25) is 0 Å². The minimum absolute atomic E-state index is 0.126. The van der Waals surface area contributed by atoms with Gasteiger partial charge in [0.15, 0.2) is 0 Å². The van der Waals surface area contributed by atoms with Gasteiger partial charge in [0, 0.05) is 22.1 Å². The first-order valence-corrected chi connectivity index (χ1v) is 14.7. The lowest BCUT2D eigenvalue weighted by Crippen LogP contribution is -2.19. The summed E-state index contributed by atoms with van der Waals surface area (Å²) in [4.78, 5) is 9.09. The van der Waals surface area contributed by atoms with Crippen molar-refractivity contribution in [3.8, 4) is 0 Å². The number of aliphatic hydroxyl groups is 1. The molecule has 2 N–H and O–H groups in total. The Morgan fingerprint density at radius 1 is 0.889 bits per heavy atom. The van der Waals surface area contributed by atoms with E-state index in [2.05, 4.69) is 34.6 Å². The van der Waals surface area contributed by atoms with E-state index in [0.717, 1.165) is 12.8 Å². The molecule has 0 heterocycles. The smallest absolute Gasteiger partial charge is 0.265 e. The Bertz CT molecular complexity index is 384. The number of rotatable bonds is 20. The Labute approximate surface area is 175 Å². The second kappa shape index (κ2) is 19.6. The van der Waals surface area contributed by atoms with Crippen LogP contribution in [0.1, 0.15) is 96.8 Å². The molecule has 0 aliphatic heterocycles. The van der Waals surface area contributed by atoms with E-state index in [1.54, 1.807) is 0 Å². The molecule has 0 saturated carbocycles. The Morgan fingerprint density at radius 3 is 1.89 bits per heavy atom. The molecular formula is C21H42BrO4P. The number of ether oxygens (including phenoxy) is 1. The van der Waals surface area contributed by atoms with Crippen molar-refractivity contribution in [1.82, 2.24) is 0 Å². The summed E-state index contributed by atoms with van der Waals surface area (Å²) < 4.78 is 16.4. The SMILES string of the molecule is CCCCCCCC/C=C\CCCCCCCCOCC(O)CP(=O)(O)Br. The molecule has 0 aromatic heterocycles. The Kier molecular flexibility index (Phi) is 19.9. The predicted molar refractivity (Wildman–Crippen MR) is 120 cm³/mol. The molecule has 27 heavy (non-hydrogen) atoms. The quantitative estimate of drug-likeness (QED) is 0.115. The van der Waals surface area contributed by atoms with E-state index in [-0.39, 0.29) is 12.8 Å². The molecule has 0 fully saturated rings. The minimum atomic E-state index is -3.34. The summed E-state index contributed by atoms with van der Waals surface area (Å²) in [5.74, 6) is 0. The molecule has 6 heteroatoms. The molecule has 0 aromatic carbocycles. The van der Waals surface area contributed by atoms with Crippen molar-refractivity contribution in [2.45, 2.75) is 103 Å². The Hall–Kier alpha value is 0.330. The first-order valence-electron chi connectivity index (χ1n) is 10.9. The van der Waals surface area contributed by atoms with Gasteiger partial charge < -0.3 is 14.7 Å². The van der Waals surface area contributed by atoms with Crippen molar-refractivity contribution in [2.24, 2.45) is 0 Å². The normalized spacial score (nSPS) is 15.3. The average molecular weight is 469 g/mol. The Morgan fingerprint density at radius 2 is 1.37 bits per heavy atom. The van der Waals surface area contributed by atoms with Crippen LogP contribution in [0.3, 0.4) is 0 Å². The van der Waals surface area contributed by atoms with E-state index in [1.807, 2.05) is 0 Å². The predicted octanol–water partition coefficient (Wildman–Crippen LogP) is 6.98. The van der Waals surface area contributed by atoms with Gasteiger partial charge in [0.1, 0.15) is 0 Å². The summed E-state index contributed by atoms with van der Waals surface area (Å²) in [6.45, 7) is 2.99. The molecule has 4 nitrogen and oxygen atoms in total. The standard InChI is InChI=1S/C21H42BrO4P/c1-2-3-4-5-6-7-8-9-10-11-12-13-14-15-16-17-18-26-19-21(23)20-27(22,24)25/h9-10,21,23H,2-8,11-20H2,1H3,(H,24,25)/b10-9-. The van der Waals surface area contributed by atoms with Gasteiger partial charge in [-0.05, 0) is 32.1 Å². The molecule has 0 saturated heterocycles. The van der Waals surface area contributed by atoms with Crippen LogP contribution in [0.4, 0.5) is 0 Å².